The Morgan fingerprint density at radius 1 is 1.12 bits per heavy atom. The van der Waals surface area contributed by atoms with Gasteiger partial charge in [-0.05, 0) is 24.3 Å². The number of nitrogens with one attached hydrogen (secondary N) is 1. The maximum atomic E-state index is 15.2. The van der Waals surface area contributed by atoms with Gasteiger partial charge in [-0.15, -0.1) is 0 Å². The Labute approximate surface area is 143 Å². The molecule has 3 rings (SSSR count). The summed E-state index contributed by atoms with van der Waals surface area (Å²) in [5, 5.41) is 18.6. The van der Waals surface area contributed by atoms with Gasteiger partial charge in [-0.25, -0.2) is 18.7 Å². The molecule has 0 saturated heterocycles. The van der Waals surface area contributed by atoms with Crippen molar-refractivity contribution in [2.75, 3.05) is 13.2 Å². The van der Waals surface area contributed by atoms with Crippen molar-refractivity contribution in [3.05, 3.63) is 65.2 Å². The van der Waals surface area contributed by atoms with E-state index in [0.29, 0.717) is 18.2 Å². The molecule has 0 amide bonds. The number of β-amino-alcohol motifs (C(OH)–C–C–N with tert-alkyl or cyclic N) is 1. The quantitative estimate of drug-likeness (QED) is 0.791. The maximum Gasteiger partial charge on any atom is 0.323 e. The molecule has 1 aliphatic heterocycles. The lowest BCUT2D eigenvalue weighted by Gasteiger charge is -2.37. The molecule has 1 unspecified atom stereocenters. The third-order valence-electron chi connectivity index (χ3n) is 3.85. The monoisotopic (exact) mass is 373 g/mol. The van der Waals surface area contributed by atoms with Crippen molar-refractivity contribution in [2.45, 2.75) is 11.5 Å². The van der Waals surface area contributed by atoms with E-state index in [4.69, 9.17) is 0 Å². The van der Waals surface area contributed by atoms with E-state index in [1.54, 1.807) is 0 Å². The van der Waals surface area contributed by atoms with Crippen LogP contribution in [-0.4, -0.2) is 28.3 Å². The third-order valence-corrected chi connectivity index (χ3v) is 3.85. The number of hydrogen-bond donors (Lipinski definition) is 2. The van der Waals surface area contributed by atoms with E-state index in [9.17, 15) is 18.3 Å². The van der Waals surface area contributed by atoms with Gasteiger partial charge in [-0.3, -0.25) is 4.98 Å². The van der Waals surface area contributed by atoms with Crippen LogP contribution in [0, 0.1) is 17.5 Å². The molecule has 138 valence electrons. The van der Waals surface area contributed by atoms with Crippen LogP contribution in [0.2, 0.25) is 0 Å². The summed E-state index contributed by atoms with van der Waals surface area (Å²) >= 11 is 0. The van der Waals surface area contributed by atoms with Crippen molar-refractivity contribution >= 4 is 0 Å². The van der Waals surface area contributed by atoms with Gasteiger partial charge in [0.15, 0.2) is 5.60 Å². The second-order valence-electron chi connectivity index (χ2n) is 5.60. The first-order valence-electron chi connectivity index (χ1n) is 7.29. The Kier molecular flexibility index (Phi) is 4.59. The topological polar surface area (TPSA) is 73.1 Å². The van der Waals surface area contributed by atoms with Gasteiger partial charge in [-0.1, -0.05) is 5.22 Å². The molecule has 0 fully saturated rings. The number of benzene rings is 1. The van der Waals surface area contributed by atoms with Gasteiger partial charge >= 0.3 is 5.92 Å². The molecule has 0 bridgehead atoms. The predicted octanol–water partition coefficient (Wildman–Crippen LogP) is 2.62. The average molecular weight is 373 g/mol. The Hall–Kier alpha value is -2.66. The first kappa shape index (κ1) is 18.1. The summed E-state index contributed by atoms with van der Waals surface area (Å²) in [6.07, 6.45) is 0.777. The van der Waals surface area contributed by atoms with E-state index in [1.807, 2.05) is 0 Å². The molecule has 6 nitrogen and oxygen atoms in total. The first-order chi connectivity index (χ1) is 12.2. The zero-order valence-corrected chi connectivity index (χ0v) is 13.0. The van der Waals surface area contributed by atoms with Crippen molar-refractivity contribution in [2.24, 2.45) is 10.3 Å². The molecule has 2 heterocycles. The van der Waals surface area contributed by atoms with Gasteiger partial charge in [0.2, 0.25) is 0 Å². The van der Waals surface area contributed by atoms with E-state index in [-0.39, 0.29) is 6.67 Å². The first-order valence-corrected chi connectivity index (χ1v) is 7.29. The minimum Gasteiger partial charge on any atom is -0.377 e. The average Bonchev–Trinajstić information content (AvgIpc) is 3.09. The highest BCUT2D eigenvalue weighted by Gasteiger charge is 2.58. The lowest BCUT2D eigenvalue weighted by atomic mass is 9.84. The lowest BCUT2D eigenvalue weighted by Crippen LogP contribution is -2.53. The van der Waals surface area contributed by atoms with Gasteiger partial charge in [0, 0.05) is 17.8 Å². The highest BCUT2D eigenvalue weighted by molar-refractivity contribution is 5.31. The van der Waals surface area contributed by atoms with Crippen molar-refractivity contribution in [3.63, 3.8) is 0 Å². The van der Waals surface area contributed by atoms with Crippen molar-refractivity contribution in [1.29, 1.82) is 0 Å². The highest BCUT2D eigenvalue weighted by Crippen LogP contribution is 2.46. The molecule has 2 aromatic rings. The highest BCUT2D eigenvalue weighted by atomic mass is 19.3. The molecule has 2 N–H and O–H groups in total. The van der Waals surface area contributed by atoms with Gasteiger partial charge in [0.05, 0.1) is 6.54 Å². The molecular weight excluding hydrogens is 361 g/mol. The van der Waals surface area contributed by atoms with E-state index in [2.05, 4.69) is 20.9 Å². The van der Waals surface area contributed by atoms with Crippen molar-refractivity contribution in [1.82, 2.24) is 15.5 Å². The summed E-state index contributed by atoms with van der Waals surface area (Å²) in [7, 11) is 0. The largest absolute Gasteiger partial charge is 0.377 e. The molecule has 0 aliphatic carbocycles. The zero-order valence-electron chi connectivity index (χ0n) is 13.0. The van der Waals surface area contributed by atoms with Crippen LogP contribution in [0.1, 0.15) is 11.3 Å². The molecule has 26 heavy (non-hydrogen) atoms. The number of rotatable bonds is 5. The van der Waals surface area contributed by atoms with Crippen LogP contribution >= 0.6 is 0 Å². The Balaban J connectivity index is 2.14. The summed E-state index contributed by atoms with van der Waals surface area (Å²) < 4.78 is 71.5. The van der Waals surface area contributed by atoms with Crippen LogP contribution in [0.4, 0.5) is 22.0 Å². The Bertz CT molecular complexity index is 841. The fourth-order valence-corrected chi connectivity index (χ4v) is 2.55. The van der Waals surface area contributed by atoms with Crippen LogP contribution in [0.3, 0.4) is 0 Å². The number of nitrogens with zero attached hydrogens (tertiary/aromatic N) is 4. The van der Waals surface area contributed by atoms with Crippen LogP contribution in [0.25, 0.3) is 0 Å². The van der Waals surface area contributed by atoms with E-state index >= 15 is 8.78 Å². The predicted molar refractivity (Wildman–Crippen MR) is 77.9 cm³/mol. The molecule has 0 saturated carbocycles. The summed E-state index contributed by atoms with van der Waals surface area (Å²) in [6.45, 7) is -1.16. The van der Waals surface area contributed by atoms with Crippen LogP contribution in [0.5, 0.6) is 0 Å². The number of pyridine rings is 1. The maximum absolute atomic E-state index is 15.2. The Morgan fingerprint density at radius 3 is 2.50 bits per heavy atom. The number of hydrazine groups is 1. The second-order valence-corrected chi connectivity index (χ2v) is 5.60. The van der Waals surface area contributed by atoms with Gasteiger partial charge in [0.25, 0.3) is 0 Å². The molecule has 1 aromatic heterocycles. The molecular formula is C15H12F5N5O. The standard InChI is InChI=1S/C15H12F5N5O/c16-9-1-2-12(18)11(5-9)14(26,7-25-8-22-23-24-25)15(19,20)13-6-10(17)3-4-21-13/h1-6,26H,7-8H2,(H,22,24). The number of aliphatic hydroxyl groups is 1. The number of hydrogen-bond acceptors (Lipinski definition) is 6. The van der Waals surface area contributed by atoms with E-state index in [0.717, 1.165) is 23.3 Å². The molecule has 1 atom stereocenters. The van der Waals surface area contributed by atoms with E-state index in [1.165, 1.54) is 0 Å². The van der Waals surface area contributed by atoms with Gasteiger partial charge < -0.3 is 5.11 Å². The lowest BCUT2D eigenvalue weighted by molar-refractivity contribution is -0.210. The summed E-state index contributed by atoms with van der Waals surface area (Å²) in [5.41, 5.74) is -3.22. The smallest absolute Gasteiger partial charge is 0.323 e. The van der Waals surface area contributed by atoms with E-state index < -0.39 is 46.8 Å². The molecule has 1 aromatic carbocycles. The fraction of sp³-hybridized carbons (Fsp3) is 0.267. The normalized spacial score (nSPS) is 17.2. The molecule has 1 aliphatic rings. The van der Waals surface area contributed by atoms with Gasteiger partial charge in [0.1, 0.15) is 29.8 Å². The number of alkyl halides is 2. The second kappa shape index (κ2) is 6.57. The van der Waals surface area contributed by atoms with Crippen LogP contribution in [0.15, 0.2) is 46.9 Å². The Morgan fingerprint density at radius 2 is 1.85 bits per heavy atom. The minimum absolute atomic E-state index is 0.216. The van der Waals surface area contributed by atoms with Gasteiger partial charge in [-0.2, -0.15) is 18.9 Å². The van der Waals surface area contributed by atoms with Crippen LogP contribution in [-0.2, 0) is 11.5 Å². The SMILES string of the molecule is OC(CN1CN=NN1)(c1cc(F)ccc1F)C(F)(F)c1cc(F)ccn1. The number of aromatic nitrogens is 1. The third kappa shape index (κ3) is 3.10. The zero-order chi connectivity index (χ0) is 18.9. The summed E-state index contributed by atoms with van der Waals surface area (Å²) in [5.74, 6) is -7.61. The summed E-state index contributed by atoms with van der Waals surface area (Å²) in [6, 6.07) is 3.02. The number of halogens is 5. The molecule has 11 heteroatoms. The summed E-state index contributed by atoms with van der Waals surface area (Å²) in [4.78, 5) is 3.38. The molecule has 0 spiro atoms. The minimum atomic E-state index is -4.28. The molecule has 0 radical (unpaired) electrons. The van der Waals surface area contributed by atoms with Crippen LogP contribution < -0.4 is 5.53 Å². The fourth-order valence-electron chi connectivity index (χ4n) is 2.55. The van der Waals surface area contributed by atoms with Crippen molar-refractivity contribution < 1.29 is 27.1 Å². The van der Waals surface area contributed by atoms with Crippen molar-refractivity contribution in [3.8, 4) is 0 Å².